The Morgan fingerprint density at radius 3 is 2.50 bits per heavy atom. The van der Waals surface area contributed by atoms with Gasteiger partial charge in [0.15, 0.2) is 0 Å². The number of carbonyl (C=O) groups is 1. The molecule has 0 saturated carbocycles. The Bertz CT molecular complexity index is 1120. The molecule has 0 aliphatic carbocycles. The van der Waals surface area contributed by atoms with Gasteiger partial charge in [-0.1, -0.05) is 44.2 Å². The minimum Gasteiger partial charge on any atom is -0.321 e. The van der Waals surface area contributed by atoms with E-state index in [-0.39, 0.29) is 10.8 Å². The Labute approximate surface area is 165 Å². The van der Waals surface area contributed by atoms with Crippen LogP contribution in [0.1, 0.15) is 29.9 Å². The summed E-state index contributed by atoms with van der Waals surface area (Å²) in [7, 11) is -3.62. The minimum absolute atomic E-state index is 0.194. The number of amides is 1. The van der Waals surface area contributed by atoms with Crippen molar-refractivity contribution in [2.75, 3.05) is 18.4 Å². The molecule has 146 valence electrons. The van der Waals surface area contributed by atoms with Crippen molar-refractivity contribution < 1.29 is 13.2 Å². The number of sulfonamides is 1. The van der Waals surface area contributed by atoms with Crippen molar-refractivity contribution in [3.8, 4) is 0 Å². The number of rotatable bonds is 6. The van der Waals surface area contributed by atoms with Crippen molar-refractivity contribution in [1.29, 1.82) is 0 Å². The summed E-state index contributed by atoms with van der Waals surface area (Å²) in [6.45, 7) is 6.11. The number of pyridine rings is 1. The molecule has 3 rings (SSSR count). The molecule has 0 spiro atoms. The number of carbonyl (C=O) groups excluding carboxylic acids is 1. The lowest BCUT2D eigenvalue weighted by Crippen LogP contribution is -2.31. The second-order valence-electron chi connectivity index (χ2n) is 6.40. The number of nitrogens with zero attached hydrogens (tertiary/aromatic N) is 2. The Morgan fingerprint density at radius 2 is 1.79 bits per heavy atom. The Balaban J connectivity index is 1.96. The second kappa shape index (κ2) is 8.08. The van der Waals surface area contributed by atoms with E-state index >= 15 is 0 Å². The van der Waals surface area contributed by atoms with Crippen LogP contribution in [0.5, 0.6) is 0 Å². The monoisotopic (exact) mass is 397 g/mol. The van der Waals surface area contributed by atoms with Gasteiger partial charge in [0, 0.05) is 30.4 Å². The molecule has 0 saturated heterocycles. The lowest BCUT2D eigenvalue weighted by Gasteiger charge is -2.20. The average molecular weight is 398 g/mol. The van der Waals surface area contributed by atoms with Crippen LogP contribution >= 0.6 is 0 Å². The van der Waals surface area contributed by atoms with E-state index in [9.17, 15) is 13.2 Å². The van der Waals surface area contributed by atoms with Crippen LogP contribution in [-0.4, -0.2) is 36.7 Å². The van der Waals surface area contributed by atoms with Crippen LogP contribution in [-0.2, 0) is 10.0 Å². The van der Waals surface area contributed by atoms with E-state index in [4.69, 9.17) is 0 Å². The van der Waals surface area contributed by atoms with E-state index < -0.39 is 10.0 Å². The molecule has 1 N–H and O–H groups in total. The SMILES string of the molecule is CCN(CC)S(=O)(=O)c1cc(NC(=O)c2nccc3ccccc23)ccc1C. The predicted molar refractivity (Wildman–Crippen MR) is 111 cm³/mol. The van der Waals surface area contributed by atoms with E-state index in [1.165, 1.54) is 10.4 Å². The molecule has 7 heteroatoms. The van der Waals surface area contributed by atoms with Crippen LogP contribution in [0.3, 0.4) is 0 Å². The van der Waals surface area contributed by atoms with Crippen LogP contribution in [0.15, 0.2) is 59.6 Å². The molecule has 0 unspecified atom stereocenters. The molecule has 6 nitrogen and oxygen atoms in total. The van der Waals surface area contributed by atoms with Gasteiger partial charge in [-0.05, 0) is 36.1 Å². The highest BCUT2D eigenvalue weighted by Crippen LogP contribution is 2.24. The van der Waals surface area contributed by atoms with E-state index in [0.29, 0.717) is 30.0 Å². The highest BCUT2D eigenvalue weighted by Gasteiger charge is 2.24. The molecule has 28 heavy (non-hydrogen) atoms. The summed E-state index contributed by atoms with van der Waals surface area (Å²) in [6.07, 6.45) is 1.59. The zero-order chi connectivity index (χ0) is 20.3. The van der Waals surface area contributed by atoms with Crippen molar-refractivity contribution in [3.63, 3.8) is 0 Å². The summed E-state index contributed by atoms with van der Waals surface area (Å²) in [5, 5.41) is 4.44. The van der Waals surface area contributed by atoms with Crippen molar-refractivity contribution in [2.24, 2.45) is 0 Å². The van der Waals surface area contributed by atoms with Gasteiger partial charge < -0.3 is 5.32 Å². The summed E-state index contributed by atoms with van der Waals surface area (Å²) in [6, 6.07) is 14.2. The number of hydrogen-bond donors (Lipinski definition) is 1. The summed E-state index contributed by atoms with van der Waals surface area (Å²) in [4.78, 5) is 17.2. The smallest absolute Gasteiger partial charge is 0.274 e. The van der Waals surface area contributed by atoms with Crippen LogP contribution in [0.4, 0.5) is 5.69 Å². The topological polar surface area (TPSA) is 79.4 Å². The first kappa shape index (κ1) is 20.0. The van der Waals surface area contributed by atoms with Gasteiger partial charge in [0.1, 0.15) is 5.69 Å². The van der Waals surface area contributed by atoms with E-state index in [0.717, 1.165) is 10.8 Å². The molecule has 0 aliphatic rings. The van der Waals surface area contributed by atoms with Crippen molar-refractivity contribution in [1.82, 2.24) is 9.29 Å². The molecule has 3 aromatic rings. The molecule has 2 aromatic carbocycles. The molecular formula is C21H23N3O3S. The van der Waals surface area contributed by atoms with Gasteiger partial charge >= 0.3 is 0 Å². The highest BCUT2D eigenvalue weighted by atomic mass is 32.2. The maximum absolute atomic E-state index is 12.9. The largest absolute Gasteiger partial charge is 0.321 e. The first-order chi connectivity index (χ1) is 13.4. The predicted octanol–water partition coefficient (Wildman–Crippen LogP) is 3.83. The number of aryl methyl sites for hydroxylation is 1. The van der Waals surface area contributed by atoms with Gasteiger partial charge in [0.2, 0.25) is 10.0 Å². The quantitative estimate of drug-likeness (QED) is 0.686. The normalized spacial score (nSPS) is 11.7. The van der Waals surface area contributed by atoms with Crippen molar-refractivity contribution >= 4 is 32.4 Å². The molecular weight excluding hydrogens is 374 g/mol. The van der Waals surface area contributed by atoms with Gasteiger partial charge in [-0.25, -0.2) is 8.42 Å². The van der Waals surface area contributed by atoms with Crippen LogP contribution in [0.25, 0.3) is 10.8 Å². The zero-order valence-electron chi connectivity index (χ0n) is 16.1. The molecule has 1 amide bonds. The summed E-state index contributed by atoms with van der Waals surface area (Å²) in [5.74, 6) is -0.383. The zero-order valence-corrected chi connectivity index (χ0v) is 17.0. The molecule has 1 aromatic heterocycles. The van der Waals surface area contributed by atoms with Gasteiger partial charge in [0.25, 0.3) is 5.91 Å². The fourth-order valence-corrected chi connectivity index (χ4v) is 4.86. The van der Waals surface area contributed by atoms with E-state index in [1.54, 1.807) is 39.1 Å². The Morgan fingerprint density at radius 1 is 1.07 bits per heavy atom. The van der Waals surface area contributed by atoms with Crippen LogP contribution < -0.4 is 5.32 Å². The second-order valence-corrected chi connectivity index (χ2v) is 8.31. The lowest BCUT2D eigenvalue weighted by molar-refractivity contribution is 0.102. The third-order valence-electron chi connectivity index (χ3n) is 4.66. The number of fused-ring (bicyclic) bond motifs is 1. The number of hydrogen-bond acceptors (Lipinski definition) is 4. The summed E-state index contributed by atoms with van der Waals surface area (Å²) < 4.78 is 27.2. The van der Waals surface area contributed by atoms with Gasteiger partial charge in [-0.2, -0.15) is 4.31 Å². The maximum atomic E-state index is 12.9. The van der Waals surface area contributed by atoms with Crippen LogP contribution in [0.2, 0.25) is 0 Å². The Kier molecular flexibility index (Phi) is 5.76. The van der Waals surface area contributed by atoms with E-state index in [2.05, 4.69) is 10.3 Å². The molecule has 0 aliphatic heterocycles. The number of nitrogens with one attached hydrogen (secondary N) is 1. The first-order valence-electron chi connectivity index (χ1n) is 9.14. The van der Waals surface area contributed by atoms with Crippen LogP contribution in [0, 0.1) is 6.92 Å². The maximum Gasteiger partial charge on any atom is 0.274 e. The third-order valence-corrected chi connectivity index (χ3v) is 6.85. The fourth-order valence-electron chi connectivity index (χ4n) is 3.15. The van der Waals surface area contributed by atoms with Gasteiger partial charge in [-0.3, -0.25) is 9.78 Å². The number of benzene rings is 2. The summed E-state index contributed by atoms with van der Waals surface area (Å²) >= 11 is 0. The third kappa shape index (κ3) is 3.76. The first-order valence-corrected chi connectivity index (χ1v) is 10.6. The van der Waals surface area contributed by atoms with Crippen molar-refractivity contribution in [2.45, 2.75) is 25.7 Å². The molecule has 0 fully saturated rings. The van der Waals surface area contributed by atoms with Gasteiger partial charge in [0.05, 0.1) is 4.90 Å². The molecule has 1 heterocycles. The van der Waals surface area contributed by atoms with Gasteiger partial charge in [-0.15, -0.1) is 0 Å². The molecule has 0 atom stereocenters. The Hall–Kier alpha value is -2.77. The number of anilines is 1. The average Bonchev–Trinajstić information content (AvgIpc) is 2.69. The lowest BCUT2D eigenvalue weighted by atomic mass is 10.1. The molecule has 0 bridgehead atoms. The standard InChI is InChI=1S/C21H23N3O3S/c1-4-24(5-2)28(26,27)19-14-17(11-10-15(19)3)23-21(25)20-18-9-7-6-8-16(18)12-13-22-20/h6-14H,4-5H2,1-3H3,(H,23,25). The van der Waals surface area contributed by atoms with Crippen molar-refractivity contribution in [3.05, 3.63) is 66.0 Å². The van der Waals surface area contributed by atoms with E-state index in [1.807, 2.05) is 30.3 Å². The minimum atomic E-state index is -3.62. The summed E-state index contributed by atoms with van der Waals surface area (Å²) in [5.41, 5.74) is 1.34. The number of aromatic nitrogens is 1. The fraction of sp³-hybridized carbons (Fsp3) is 0.238. The highest BCUT2D eigenvalue weighted by molar-refractivity contribution is 7.89. The molecule has 0 radical (unpaired) electrons.